The van der Waals surface area contributed by atoms with Crippen molar-refractivity contribution in [3.8, 4) is 5.75 Å². The lowest BCUT2D eigenvalue weighted by Crippen LogP contribution is -2.42. The number of hydrogen-bond donors (Lipinski definition) is 3. The maximum Gasteiger partial charge on any atom is 0.222 e. The van der Waals surface area contributed by atoms with Crippen LogP contribution in [0.3, 0.4) is 0 Å². The van der Waals surface area contributed by atoms with Crippen molar-refractivity contribution in [2.24, 2.45) is 5.92 Å². The first-order chi connectivity index (χ1) is 11.8. The number of rotatable bonds is 7. The largest absolute Gasteiger partial charge is 0.452 e. The molecule has 7 nitrogen and oxygen atoms in total. The minimum atomic E-state index is -0.235. The van der Waals surface area contributed by atoms with Gasteiger partial charge < -0.3 is 26.4 Å². The molecule has 5 N–H and O–H groups in total. The number of allylic oxidation sites excluding steroid dienone is 1. The van der Waals surface area contributed by atoms with Gasteiger partial charge in [0.15, 0.2) is 11.6 Å². The molecular weight excluding hydrogens is 336 g/mol. The summed E-state index contributed by atoms with van der Waals surface area (Å²) >= 11 is 1.75. The molecule has 0 fully saturated rings. The Balaban J connectivity index is 2.34. The van der Waals surface area contributed by atoms with Crippen LogP contribution in [0.15, 0.2) is 29.8 Å². The molecule has 2 heterocycles. The van der Waals surface area contributed by atoms with E-state index in [0.29, 0.717) is 11.7 Å². The van der Waals surface area contributed by atoms with Crippen LogP contribution >= 0.6 is 11.8 Å². The normalized spacial score (nSPS) is 20.3. The summed E-state index contributed by atoms with van der Waals surface area (Å²) in [6, 6.07) is 0. The lowest BCUT2D eigenvalue weighted by atomic mass is 9.97. The quantitative estimate of drug-likeness (QED) is 0.676. The fraction of sp³-hybridized carbons (Fsp3) is 0.529. The van der Waals surface area contributed by atoms with E-state index < -0.39 is 0 Å². The molecular formula is C17H28N6OS. The monoisotopic (exact) mass is 364 g/mol. The standard InChI is InChI=1S/C17H28N6OS/c1-11(2)12-9-21-17(25-5,6-7-23(3)4)8-13(12)24-14-10-20-16(19)22-15(14)18/h8-11,21H,6-7H2,1-5H3,(H4,18,19,20,22). The van der Waals surface area contributed by atoms with Crippen LogP contribution in [0.4, 0.5) is 11.8 Å². The van der Waals surface area contributed by atoms with Gasteiger partial charge in [0.2, 0.25) is 5.95 Å². The average molecular weight is 365 g/mol. The van der Waals surface area contributed by atoms with Gasteiger partial charge in [-0.3, -0.25) is 0 Å². The third-order valence-corrected chi connectivity index (χ3v) is 5.23. The van der Waals surface area contributed by atoms with Gasteiger partial charge in [0.05, 0.1) is 6.20 Å². The number of hydrogen-bond acceptors (Lipinski definition) is 8. The summed E-state index contributed by atoms with van der Waals surface area (Å²) in [5.41, 5.74) is 12.6. The molecule has 1 aromatic heterocycles. The molecule has 1 aromatic rings. The van der Waals surface area contributed by atoms with Crippen LogP contribution < -0.4 is 21.5 Å². The highest BCUT2D eigenvalue weighted by molar-refractivity contribution is 8.00. The lowest BCUT2D eigenvalue weighted by molar-refractivity contribution is 0.360. The number of anilines is 2. The van der Waals surface area contributed by atoms with Gasteiger partial charge in [-0.05, 0) is 38.8 Å². The van der Waals surface area contributed by atoms with Crippen LogP contribution in [-0.2, 0) is 0 Å². The van der Waals surface area contributed by atoms with Crippen LogP contribution in [0.25, 0.3) is 0 Å². The van der Waals surface area contributed by atoms with E-state index in [2.05, 4.69) is 60.5 Å². The number of nitrogen functional groups attached to an aromatic ring is 2. The van der Waals surface area contributed by atoms with Crippen molar-refractivity contribution in [2.75, 3.05) is 38.4 Å². The van der Waals surface area contributed by atoms with E-state index in [-0.39, 0.29) is 16.6 Å². The fourth-order valence-corrected chi connectivity index (χ4v) is 3.19. The third-order valence-electron chi connectivity index (χ3n) is 4.06. The van der Waals surface area contributed by atoms with Gasteiger partial charge in [-0.2, -0.15) is 4.98 Å². The molecule has 138 valence electrons. The van der Waals surface area contributed by atoms with E-state index in [1.54, 1.807) is 11.8 Å². The van der Waals surface area contributed by atoms with Gasteiger partial charge in [-0.15, -0.1) is 11.8 Å². The van der Waals surface area contributed by atoms with Crippen molar-refractivity contribution in [1.29, 1.82) is 0 Å². The molecule has 8 heteroatoms. The molecule has 0 aromatic carbocycles. The number of dihydropyridines is 1. The van der Waals surface area contributed by atoms with Crippen molar-refractivity contribution in [3.63, 3.8) is 0 Å². The third kappa shape index (κ3) is 4.79. The highest BCUT2D eigenvalue weighted by atomic mass is 32.2. The summed E-state index contributed by atoms with van der Waals surface area (Å²) in [4.78, 5) is 9.88. The second-order valence-corrected chi connectivity index (χ2v) is 7.77. The SMILES string of the molecule is CSC1(CCN(C)C)C=C(Oc2cnc(N)nc2N)C(C(C)C)=CN1. The molecule has 0 saturated heterocycles. The number of nitrogens with one attached hydrogen (secondary N) is 1. The number of nitrogens with two attached hydrogens (primary N) is 2. The Morgan fingerprint density at radius 2 is 2.08 bits per heavy atom. The minimum Gasteiger partial charge on any atom is -0.452 e. The maximum atomic E-state index is 6.10. The van der Waals surface area contributed by atoms with Crippen LogP contribution in [0.1, 0.15) is 20.3 Å². The van der Waals surface area contributed by atoms with Gasteiger partial charge in [-0.1, -0.05) is 13.8 Å². The Kier molecular flexibility index (Phi) is 6.18. The van der Waals surface area contributed by atoms with Crippen molar-refractivity contribution >= 4 is 23.5 Å². The Bertz CT molecular complexity index is 673. The molecule has 1 unspecified atom stereocenters. The van der Waals surface area contributed by atoms with Crippen molar-refractivity contribution < 1.29 is 4.74 Å². The minimum absolute atomic E-state index is 0.133. The predicted octanol–water partition coefficient (Wildman–Crippen LogP) is 2.06. The molecule has 0 saturated carbocycles. The van der Waals surface area contributed by atoms with E-state index in [9.17, 15) is 0 Å². The Morgan fingerprint density at radius 1 is 1.36 bits per heavy atom. The Hall–Kier alpha value is -1.93. The molecule has 0 radical (unpaired) electrons. The average Bonchev–Trinajstić information content (AvgIpc) is 2.55. The van der Waals surface area contributed by atoms with Crippen molar-refractivity contribution in [3.05, 3.63) is 29.8 Å². The Labute approximate surface area is 153 Å². The summed E-state index contributed by atoms with van der Waals surface area (Å²) < 4.78 is 6.10. The zero-order valence-corrected chi connectivity index (χ0v) is 16.4. The molecule has 2 rings (SSSR count). The summed E-state index contributed by atoms with van der Waals surface area (Å²) in [5, 5.41) is 3.54. The first-order valence-corrected chi connectivity index (χ1v) is 9.45. The summed E-state index contributed by atoms with van der Waals surface area (Å²) in [5.74, 6) is 1.85. The molecule has 1 aliphatic heterocycles. The highest BCUT2D eigenvalue weighted by Crippen LogP contribution is 2.36. The number of aromatic nitrogens is 2. The molecule has 0 spiro atoms. The van der Waals surface area contributed by atoms with Crippen LogP contribution in [0.5, 0.6) is 5.75 Å². The van der Waals surface area contributed by atoms with Gasteiger partial charge in [0, 0.05) is 18.3 Å². The topological polar surface area (TPSA) is 102 Å². The highest BCUT2D eigenvalue weighted by Gasteiger charge is 2.32. The van der Waals surface area contributed by atoms with E-state index in [4.69, 9.17) is 16.2 Å². The molecule has 0 bridgehead atoms. The van der Waals surface area contributed by atoms with Crippen LogP contribution in [-0.4, -0.2) is 46.6 Å². The zero-order chi connectivity index (χ0) is 18.6. The maximum absolute atomic E-state index is 6.10. The lowest BCUT2D eigenvalue weighted by Gasteiger charge is -2.36. The van der Waals surface area contributed by atoms with Crippen LogP contribution in [0, 0.1) is 5.92 Å². The van der Waals surface area contributed by atoms with Gasteiger partial charge in [0.25, 0.3) is 0 Å². The van der Waals surface area contributed by atoms with Crippen LogP contribution in [0.2, 0.25) is 0 Å². The first-order valence-electron chi connectivity index (χ1n) is 8.23. The van der Waals surface area contributed by atoms with E-state index >= 15 is 0 Å². The summed E-state index contributed by atoms with van der Waals surface area (Å²) in [6.45, 7) is 5.20. The van der Waals surface area contributed by atoms with Crippen molar-refractivity contribution in [1.82, 2.24) is 20.2 Å². The summed E-state index contributed by atoms with van der Waals surface area (Å²) in [7, 11) is 4.14. The van der Waals surface area contributed by atoms with Gasteiger partial charge in [-0.25, -0.2) is 4.98 Å². The first kappa shape index (κ1) is 19.4. The molecule has 1 aliphatic rings. The second kappa shape index (κ2) is 7.97. The fourth-order valence-electron chi connectivity index (χ4n) is 2.50. The number of ether oxygens (including phenoxy) is 1. The molecule has 25 heavy (non-hydrogen) atoms. The van der Waals surface area contributed by atoms with Crippen molar-refractivity contribution in [2.45, 2.75) is 25.1 Å². The second-order valence-electron chi connectivity index (χ2n) is 6.63. The predicted molar refractivity (Wildman–Crippen MR) is 105 cm³/mol. The number of thioether (sulfide) groups is 1. The van der Waals surface area contributed by atoms with E-state index in [1.165, 1.54) is 6.20 Å². The number of nitrogens with zero attached hydrogens (tertiary/aromatic N) is 3. The summed E-state index contributed by atoms with van der Waals surface area (Å²) in [6.07, 6.45) is 8.71. The molecule has 0 amide bonds. The van der Waals surface area contributed by atoms with E-state index in [1.807, 2.05) is 6.20 Å². The molecule has 1 atom stereocenters. The zero-order valence-electron chi connectivity index (χ0n) is 15.5. The van der Waals surface area contributed by atoms with Gasteiger partial charge >= 0.3 is 0 Å². The Morgan fingerprint density at radius 3 is 2.64 bits per heavy atom. The van der Waals surface area contributed by atoms with Gasteiger partial charge in [0.1, 0.15) is 10.6 Å². The molecule has 0 aliphatic carbocycles. The smallest absolute Gasteiger partial charge is 0.222 e. The van der Waals surface area contributed by atoms with E-state index in [0.717, 1.165) is 24.3 Å².